The van der Waals surface area contributed by atoms with Gasteiger partial charge in [-0.2, -0.15) is 0 Å². The van der Waals surface area contributed by atoms with Crippen LogP contribution in [0, 0.1) is 11.3 Å². The number of carbonyl (C=O) groups excluding carboxylic acids is 1. The number of aliphatic hydroxyl groups is 1. The zero-order valence-electron chi connectivity index (χ0n) is 11.1. The van der Waals surface area contributed by atoms with Crippen molar-refractivity contribution in [2.24, 2.45) is 17.1 Å². The minimum Gasteiger partial charge on any atom is -0.508 e. The molecule has 1 rings (SSSR count). The molecule has 4 heteroatoms. The van der Waals surface area contributed by atoms with Crippen LogP contribution in [0.2, 0.25) is 0 Å². The topological polar surface area (TPSA) is 83.6 Å². The summed E-state index contributed by atoms with van der Waals surface area (Å²) in [6.07, 6.45) is -0.480. The molecule has 2 atom stereocenters. The Morgan fingerprint density at radius 1 is 1.28 bits per heavy atom. The van der Waals surface area contributed by atoms with Crippen molar-refractivity contribution in [1.82, 2.24) is 0 Å². The van der Waals surface area contributed by atoms with Gasteiger partial charge in [-0.3, -0.25) is 4.79 Å². The minimum absolute atomic E-state index is 0.147. The summed E-state index contributed by atoms with van der Waals surface area (Å²) in [6.45, 7) is 5.77. The fraction of sp³-hybridized carbons (Fsp3) is 0.500. The monoisotopic (exact) mass is 251 g/mol. The van der Waals surface area contributed by atoms with Gasteiger partial charge in [0.15, 0.2) is 0 Å². The van der Waals surface area contributed by atoms with E-state index < -0.39 is 17.9 Å². The van der Waals surface area contributed by atoms with E-state index in [0.717, 1.165) is 0 Å². The van der Waals surface area contributed by atoms with Gasteiger partial charge in [0.2, 0.25) is 5.91 Å². The average molecular weight is 251 g/mol. The van der Waals surface area contributed by atoms with Gasteiger partial charge in [0.25, 0.3) is 0 Å². The molecule has 4 N–H and O–H groups in total. The van der Waals surface area contributed by atoms with Gasteiger partial charge in [0.1, 0.15) is 5.75 Å². The minimum atomic E-state index is -0.762. The summed E-state index contributed by atoms with van der Waals surface area (Å²) in [5, 5.41) is 19.3. The maximum absolute atomic E-state index is 11.4. The van der Waals surface area contributed by atoms with Crippen LogP contribution in [0.3, 0.4) is 0 Å². The van der Waals surface area contributed by atoms with Gasteiger partial charge in [-0.25, -0.2) is 0 Å². The molecule has 4 nitrogen and oxygen atoms in total. The Bertz CT molecular complexity index is 406. The Hall–Kier alpha value is -1.55. The highest BCUT2D eigenvalue weighted by Crippen LogP contribution is 2.33. The van der Waals surface area contributed by atoms with Crippen molar-refractivity contribution in [3.8, 4) is 5.75 Å². The van der Waals surface area contributed by atoms with Crippen LogP contribution in [0.25, 0.3) is 0 Å². The van der Waals surface area contributed by atoms with Crippen LogP contribution in [0.5, 0.6) is 5.75 Å². The second kappa shape index (κ2) is 5.40. The van der Waals surface area contributed by atoms with Crippen LogP contribution >= 0.6 is 0 Å². The normalized spacial score (nSPS) is 15.1. The van der Waals surface area contributed by atoms with Gasteiger partial charge in [-0.05, 0) is 29.5 Å². The summed E-state index contributed by atoms with van der Waals surface area (Å²) < 4.78 is 0. The van der Waals surface area contributed by atoms with Crippen molar-refractivity contribution in [1.29, 1.82) is 0 Å². The van der Waals surface area contributed by atoms with E-state index in [9.17, 15) is 15.0 Å². The van der Waals surface area contributed by atoms with E-state index in [-0.39, 0.29) is 17.6 Å². The van der Waals surface area contributed by atoms with Crippen LogP contribution in [-0.4, -0.2) is 16.1 Å². The van der Waals surface area contributed by atoms with Crippen molar-refractivity contribution in [2.75, 3.05) is 0 Å². The quantitative estimate of drug-likeness (QED) is 0.765. The third-order valence-electron chi connectivity index (χ3n) is 3.13. The van der Waals surface area contributed by atoms with Crippen LogP contribution in [0.4, 0.5) is 0 Å². The molecule has 1 amide bonds. The third-order valence-corrected chi connectivity index (χ3v) is 3.13. The molecule has 100 valence electrons. The number of primary amides is 1. The van der Waals surface area contributed by atoms with E-state index in [1.165, 1.54) is 12.1 Å². The number of phenolic OH excluding ortho intramolecular Hbond substituents is 1. The summed E-state index contributed by atoms with van der Waals surface area (Å²) in [7, 11) is 0. The Labute approximate surface area is 107 Å². The number of phenols is 1. The lowest BCUT2D eigenvalue weighted by atomic mass is 9.76. The number of carbonyl (C=O) groups is 1. The molecule has 2 unspecified atom stereocenters. The second-order valence-electron chi connectivity index (χ2n) is 5.66. The number of rotatable bonds is 4. The number of nitrogens with two attached hydrogens (primary N) is 1. The first-order valence-electron chi connectivity index (χ1n) is 5.98. The fourth-order valence-electron chi connectivity index (χ4n) is 1.95. The highest BCUT2D eigenvalue weighted by atomic mass is 16.3. The Morgan fingerprint density at radius 3 is 2.17 bits per heavy atom. The predicted molar refractivity (Wildman–Crippen MR) is 69.8 cm³/mol. The number of aliphatic hydroxyl groups excluding tert-OH is 1. The first-order chi connectivity index (χ1) is 8.21. The number of amides is 1. The highest BCUT2D eigenvalue weighted by molar-refractivity contribution is 5.77. The molecule has 0 saturated carbocycles. The van der Waals surface area contributed by atoms with Gasteiger partial charge in [-0.15, -0.1) is 0 Å². The SMILES string of the molecule is CC(C)(C)C(CC(O)c1ccc(O)cc1)C(N)=O. The maximum atomic E-state index is 11.4. The smallest absolute Gasteiger partial charge is 0.221 e. The molecule has 0 bridgehead atoms. The second-order valence-corrected chi connectivity index (χ2v) is 5.66. The van der Waals surface area contributed by atoms with Crippen molar-refractivity contribution < 1.29 is 15.0 Å². The van der Waals surface area contributed by atoms with Crippen LogP contribution in [-0.2, 0) is 4.79 Å². The summed E-state index contributed by atoms with van der Waals surface area (Å²) in [5.74, 6) is -0.658. The molecule has 0 heterocycles. The molecular weight excluding hydrogens is 230 g/mol. The molecule has 0 radical (unpaired) electrons. The molecule has 1 aromatic carbocycles. The zero-order chi connectivity index (χ0) is 13.9. The maximum Gasteiger partial charge on any atom is 0.221 e. The molecule has 0 fully saturated rings. The van der Waals surface area contributed by atoms with Crippen LogP contribution in [0.15, 0.2) is 24.3 Å². The van der Waals surface area contributed by atoms with Gasteiger partial charge in [0, 0.05) is 5.92 Å². The lowest BCUT2D eigenvalue weighted by Gasteiger charge is -2.29. The van der Waals surface area contributed by atoms with Gasteiger partial charge in [0.05, 0.1) is 6.10 Å². The van der Waals surface area contributed by atoms with E-state index >= 15 is 0 Å². The molecule has 0 saturated heterocycles. The molecular formula is C14H21NO3. The van der Waals surface area contributed by atoms with E-state index in [4.69, 9.17) is 5.73 Å². The van der Waals surface area contributed by atoms with Gasteiger partial charge in [-0.1, -0.05) is 32.9 Å². The summed E-state index contributed by atoms with van der Waals surface area (Å²) in [6, 6.07) is 6.30. The molecule has 0 aliphatic carbocycles. The highest BCUT2D eigenvalue weighted by Gasteiger charge is 2.31. The average Bonchev–Trinajstić information content (AvgIpc) is 2.24. The first-order valence-corrected chi connectivity index (χ1v) is 5.98. The predicted octanol–water partition coefficient (Wildman–Crippen LogP) is 1.96. The number of benzene rings is 1. The van der Waals surface area contributed by atoms with E-state index in [1.54, 1.807) is 12.1 Å². The van der Waals surface area contributed by atoms with Gasteiger partial charge >= 0.3 is 0 Å². The Kier molecular flexibility index (Phi) is 4.35. The number of aromatic hydroxyl groups is 1. The molecule has 18 heavy (non-hydrogen) atoms. The zero-order valence-corrected chi connectivity index (χ0v) is 11.1. The fourth-order valence-corrected chi connectivity index (χ4v) is 1.95. The molecule has 0 spiro atoms. The molecule has 0 aliphatic rings. The van der Waals surface area contributed by atoms with Crippen molar-refractivity contribution in [2.45, 2.75) is 33.3 Å². The molecule has 0 aliphatic heterocycles. The van der Waals surface area contributed by atoms with E-state index in [2.05, 4.69) is 0 Å². The molecule has 1 aromatic rings. The van der Waals surface area contributed by atoms with Crippen LogP contribution in [0.1, 0.15) is 38.9 Å². The summed E-state index contributed by atoms with van der Waals surface area (Å²) >= 11 is 0. The number of hydrogen-bond acceptors (Lipinski definition) is 3. The lowest BCUT2D eigenvalue weighted by Crippen LogP contribution is -2.35. The summed E-state index contributed by atoms with van der Waals surface area (Å²) in [5.41, 5.74) is 5.77. The number of hydrogen-bond donors (Lipinski definition) is 3. The van der Waals surface area contributed by atoms with Crippen molar-refractivity contribution in [3.05, 3.63) is 29.8 Å². The van der Waals surface area contributed by atoms with Crippen molar-refractivity contribution >= 4 is 5.91 Å². The Balaban J connectivity index is 2.82. The van der Waals surface area contributed by atoms with E-state index in [0.29, 0.717) is 5.56 Å². The summed E-state index contributed by atoms with van der Waals surface area (Å²) in [4.78, 5) is 11.4. The van der Waals surface area contributed by atoms with E-state index in [1.807, 2.05) is 20.8 Å². The van der Waals surface area contributed by atoms with Crippen molar-refractivity contribution in [3.63, 3.8) is 0 Å². The lowest BCUT2D eigenvalue weighted by molar-refractivity contribution is -0.126. The molecule has 0 aromatic heterocycles. The Morgan fingerprint density at radius 2 is 1.78 bits per heavy atom. The first kappa shape index (κ1) is 14.5. The van der Waals surface area contributed by atoms with Crippen LogP contribution < -0.4 is 5.73 Å². The van der Waals surface area contributed by atoms with Gasteiger partial charge < -0.3 is 15.9 Å². The third kappa shape index (κ3) is 3.74. The standard InChI is InChI=1S/C14H21NO3/c1-14(2,3)11(13(15)18)8-12(17)9-4-6-10(16)7-5-9/h4-7,11-12,16-17H,8H2,1-3H3,(H2,15,18). The largest absolute Gasteiger partial charge is 0.508 e.